The molecule has 0 bridgehead atoms. The Labute approximate surface area is 244 Å². The smallest absolute Gasteiger partial charge is 0.162 e. The number of nitrogens with zero attached hydrogens (tertiary/aromatic N) is 3. The van der Waals surface area contributed by atoms with Crippen molar-refractivity contribution in [3.05, 3.63) is 89.6 Å². The number of fused-ring (bicyclic) bond motifs is 3. The maximum Gasteiger partial charge on any atom is 0.162 e. The van der Waals surface area contributed by atoms with E-state index in [1.807, 2.05) is 0 Å². The van der Waals surface area contributed by atoms with Crippen LogP contribution in [0.5, 0.6) is 11.5 Å². The zero-order chi connectivity index (χ0) is 25.2. The van der Waals surface area contributed by atoms with Gasteiger partial charge >= 0.3 is 0 Å². The fourth-order valence-corrected chi connectivity index (χ4v) is 6.41. The summed E-state index contributed by atoms with van der Waals surface area (Å²) in [5, 5.41) is 1.33. The molecule has 0 N–H and O–H groups in total. The number of anilines is 1. The summed E-state index contributed by atoms with van der Waals surface area (Å²) in [6.07, 6.45) is 3.60. The maximum atomic E-state index is 5.75. The van der Waals surface area contributed by atoms with Gasteiger partial charge < -0.3 is 18.9 Å². The second-order valence-corrected chi connectivity index (χ2v) is 10.4. The molecule has 0 spiro atoms. The number of benzene rings is 3. The van der Waals surface area contributed by atoms with E-state index in [0.717, 1.165) is 57.2 Å². The highest BCUT2D eigenvalue weighted by molar-refractivity contribution is 5.90. The third-order valence-corrected chi connectivity index (χ3v) is 8.25. The van der Waals surface area contributed by atoms with Crippen molar-refractivity contribution in [2.45, 2.75) is 31.7 Å². The topological polar surface area (TPSA) is 29.9 Å². The summed E-state index contributed by atoms with van der Waals surface area (Å²) in [7, 11) is 3.47. The zero-order valence-electron chi connectivity index (χ0n) is 22.8. The van der Waals surface area contributed by atoms with Crippen molar-refractivity contribution in [1.82, 2.24) is 9.47 Å². The van der Waals surface area contributed by atoms with E-state index < -0.39 is 0 Å². The van der Waals surface area contributed by atoms with Gasteiger partial charge in [0.25, 0.3) is 0 Å². The lowest BCUT2D eigenvalue weighted by atomic mass is 9.84. The largest absolute Gasteiger partial charge is 0.493 e. The molecule has 1 aromatic heterocycles. The Morgan fingerprint density at radius 1 is 0.795 bits per heavy atom. The number of ether oxygens (including phenoxy) is 2. The second kappa shape index (κ2) is 13.0. The lowest BCUT2D eigenvalue weighted by Crippen LogP contribution is -2.47. The van der Waals surface area contributed by atoms with Crippen molar-refractivity contribution < 1.29 is 9.47 Å². The predicted octanol–water partition coefficient (Wildman–Crippen LogP) is 6.79. The molecule has 1 saturated heterocycles. The molecule has 5 nitrogen and oxygen atoms in total. The summed E-state index contributed by atoms with van der Waals surface area (Å²) in [5.41, 5.74) is 6.95. The minimum absolute atomic E-state index is 0. The lowest BCUT2D eigenvalue weighted by Gasteiger charge is -2.38. The number of piperazine rings is 1. The van der Waals surface area contributed by atoms with Gasteiger partial charge in [-0.15, -0.1) is 24.8 Å². The standard InChI is InChI=1S/C32H37N3O2.2ClH/c1-36-30-20-27-29(21-31(30)37-2)35(22-24-10-5-3-6-11-24)28-15-9-12-25(32(27)28)23-33-16-18-34(19-17-33)26-13-7-4-8-14-26;;/h3-8,10-11,13-14,20-21,25H,9,12,15-19,22-23H2,1-2H3;2*1H. The van der Waals surface area contributed by atoms with E-state index in [0.29, 0.717) is 5.92 Å². The van der Waals surface area contributed by atoms with E-state index in [1.165, 1.54) is 46.3 Å². The van der Waals surface area contributed by atoms with Crippen LogP contribution in [0.15, 0.2) is 72.8 Å². The first-order chi connectivity index (χ1) is 18.2. The Balaban J connectivity index is 0.00000176. The minimum atomic E-state index is 0. The van der Waals surface area contributed by atoms with E-state index in [2.05, 4.69) is 87.2 Å². The lowest BCUT2D eigenvalue weighted by molar-refractivity contribution is 0.234. The first-order valence-corrected chi connectivity index (χ1v) is 13.6. The maximum absolute atomic E-state index is 5.75. The van der Waals surface area contributed by atoms with Crippen LogP contribution in [0.3, 0.4) is 0 Å². The molecule has 6 rings (SSSR count). The highest BCUT2D eigenvalue weighted by Gasteiger charge is 2.31. The minimum Gasteiger partial charge on any atom is -0.493 e. The van der Waals surface area contributed by atoms with Gasteiger partial charge in [0.05, 0.1) is 19.7 Å². The van der Waals surface area contributed by atoms with Gasteiger partial charge in [0.2, 0.25) is 0 Å². The van der Waals surface area contributed by atoms with Gasteiger partial charge in [0.1, 0.15) is 0 Å². The van der Waals surface area contributed by atoms with Crippen LogP contribution in [0.1, 0.15) is 35.6 Å². The molecule has 1 unspecified atom stereocenters. The van der Waals surface area contributed by atoms with Crippen LogP contribution in [0.25, 0.3) is 10.9 Å². The monoisotopic (exact) mass is 567 g/mol. The summed E-state index contributed by atoms with van der Waals surface area (Å²) >= 11 is 0. The number of aromatic nitrogens is 1. The molecule has 1 aliphatic carbocycles. The highest BCUT2D eigenvalue weighted by atomic mass is 35.5. The third kappa shape index (κ3) is 5.86. The molecule has 1 aliphatic heterocycles. The Morgan fingerprint density at radius 3 is 2.10 bits per heavy atom. The van der Waals surface area contributed by atoms with Gasteiger partial charge in [-0.25, -0.2) is 0 Å². The molecular formula is C32H39Cl2N3O2. The quantitative estimate of drug-likeness (QED) is 0.246. The first-order valence-electron chi connectivity index (χ1n) is 13.6. The Morgan fingerprint density at radius 2 is 1.44 bits per heavy atom. The number of methoxy groups -OCH3 is 2. The van der Waals surface area contributed by atoms with Crippen molar-refractivity contribution in [1.29, 1.82) is 0 Å². The van der Waals surface area contributed by atoms with E-state index in [-0.39, 0.29) is 24.8 Å². The SMILES string of the molecule is COc1cc2c3c(n(Cc4ccccc4)c2cc1OC)CCCC3CN1CCN(c2ccccc2)CC1.Cl.Cl. The molecular weight excluding hydrogens is 529 g/mol. The van der Waals surface area contributed by atoms with Crippen molar-refractivity contribution >= 4 is 41.4 Å². The fraction of sp³-hybridized carbons (Fsp3) is 0.375. The van der Waals surface area contributed by atoms with Crippen LogP contribution in [0, 0.1) is 0 Å². The zero-order valence-corrected chi connectivity index (χ0v) is 24.5. The van der Waals surface area contributed by atoms with Gasteiger partial charge in [-0.1, -0.05) is 48.5 Å². The van der Waals surface area contributed by atoms with E-state index in [4.69, 9.17) is 9.47 Å². The van der Waals surface area contributed by atoms with Crippen molar-refractivity contribution in [3.63, 3.8) is 0 Å². The third-order valence-electron chi connectivity index (χ3n) is 8.25. The molecule has 3 aromatic carbocycles. The highest BCUT2D eigenvalue weighted by Crippen LogP contribution is 2.44. The molecule has 0 amide bonds. The Kier molecular flexibility index (Phi) is 9.71. The summed E-state index contributed by atoms with van der Waals surface area (Å²) in [5.74, 6) is 2.15. The van der Waals surface area contributed by atoms with Crippen LogP contribution < -0.4 is 14.4 Å². The van der Waals surface area contributed by atoms with Gasteiger partial charge in [0, 0.05) is 62.1 Å². The molecule has 1 fully saturated rings. The predicted molar refractivity (Wildman–Crippen MR) is 166 cm³/mol. The first kappa shape index (κ1) is 29.1. The van der Waals surface area contributed by atoms with Gasteiger partial charge in [-0.05, 0) is 54.5 Å². The normalized spacial score (nSPS) is 17.2. The average molecular weight is 569 g/mol. The molecule has 0 saturated carbocycles. The summed E-state index contributed by atoms with van der Waals surface area (Å²) in [4.78, 5) is 5.20. The number of hydrogen-bond acceptors (Lipinski definition) is 4. The second-order valence-electron chi connectivity index (χ2n) is 10.4. The number of rotatable bonds is 7. The van der Waals surface area contributed by atoms with Crippen LogP contribution in [-0.2, 0) is 13.0 Å². The average Bonchev–Trinajstić information content (AvgIpc) is 3.26. The Hall–Kier alpha value is -2.86. The number of hydrogen-bond donors (Lipinski definition) is 0. The molecule has 39 heavy (non-hydrogen) atoms. The molecule has 0 radical (unpaired) electrons. The Bertz CT molecular complexity index is 1350. The summed E-state index contributed by atoms with van der Waals surface area (Å²) in [6.45, 7) is 6.40. The van der Waals surface area contributed by atoms with Crippen molar-refractivity contribution in [2.24, 2.45) is 0 Å². The molecule has 7 heteroatoms. The van der Waals surface area contributed by atoms with Crippen molar-refractivity contribution in [2.75, 3.05) is 51.8 Å². The van der Waals surface area contributed by atoms with E-state index in [1.54, 1.807) is 14.2 Å². The molecule has 1 atom stereocenters. The van der Waals surface area contributed by atoms with Crippen LogP contribution >= 0.6 is 24.8 Å². The molecule has 4 aromatic rings. The van der Waals surface area contributed by atoms with Gasteiger partial charge in [-0.2, -0.15) is 0 Å². The van der Waals surface area contributed by atoms with Crippen molar-refractivity contribution in [3.8, 4) is 11.5 Å². The number of halogens is 2. The molecule has 2 heterocycles. The van der Waals surface area contributed by atoms with E-state index >= 15 is 0 Å². The van der Waals surface area contributed by atoms with E-state index in [9.17, 15) is 0 Å². The van der Waals surface area contributed by atoms with Gasteiger partial charge in [0.15, 0.2) is 11.5 Å². The molecule has 2 aliphatic rings. The summed E-state index contributed by atoms with van der Waals surface area (Å²) in [6, 6.07) is 26.1. The number of para-hydroxylation sites is 1. The van der Waals surface area contributed by atoms with Crippen LogP contribution in [0.2, 0.25) is 0 Å². The van der Waals surface area contributed by atoms with Crippen LogP contribution in [0.4, 0.5) is 5.69 Å². The fourth-order valence-electron chi connectivity index (χ4n) is 6.41. The van der Waals surface area contributed by atoms with Crippen LogP contribution in [-0.4, -0.2) is 56.4 Å². The molecule has 208 valence electrons. The van der Waals surface area contributed by atoms with Gasteiger partial charge in [-0.3, -0.25) is 4.90 Å². The summed E-state index contributed by atoms with van der Waals surface area (Å²) < 4.78 is 14.0.